The molecular formula is C17H20N2O. The van der Waals surface area contributed by atoms with E-state index >= 15 is 0 Å². The summed E-state index contributed by atoms with van der Waals surface area (Å²) in [6.45, 7) is 2.25. The number of benzene rings is 2. The number of anilines is 1. The Balaban J connectivity index is 1.78. The van der Waals surface area contributed by atoms with Gasteiger partial charge < -0.3 is 15.7 Å². The molecule has 0 amide bonds. The van der Waals surface area contributed by atoms with Crippen LogP contribution in [0.1, 0.15) is 22.8 Å². The fourth-order valence-corrected chi connectivity index (χ4v) is 2.76. The zero-order valence-electron chi connectivity index (χ0n) is 11.5. The fourth-order valence-electron chi connectivity index (χ4n) is 2.76. The first kappa shape index (κ1) is 13.2. The molecule has 0 aliphatic carbocycles. The van der Waals surface area contributed by atoms with Crippen LogP contribution in [-0.2, 0) is 13.0 Å². The molecule has 0 saturated heterocycles. The third kappa shape index (κ3) is 2.55. The number of hydrogen-bond donors (Lipinski definition) is 2. The van der Waals surface area contributed by atoms with E-state index in [1.165, 1.54) is 16.8 Å². The molecule has 104 valence electrons. The molecule has 0 saturated carbocycles. The smallest absolute Gasteiger partial charge is 0.0912 e. The molecule has 3 heteroatoms. The molecular weight excluding hydrogens is 248 g/mol. The van der Waals surface area contributed by atoms with Crippen molar-refractivity contribution in [2.45, 2.75) is 19.1 Å². The lowest BCUT2D eigenvalue weighted by molar-refractivity contribution is 0.187. The normalized spacial score (nSPS) is 15.8. The maximum Gasteiger partial charge on any atom is 0.0912 e. The Morgan fingerprint density at radius 1 is 1.05 bits per heavy atom. The molecule has 3 rings (SSSR count). The average Bonchev–Trinajstić information content (AvgIpc) is 2.54. The number of nitrogens with zero attached hydrogens (tertiary/aromatic N) is 1. The Morgan fingerprint density at radius 2 is 1.75 bits per heavy atom. The minimum Gasteiger partial charge on any atom is -0.387 e. The Labute approximate surface area is 119 Å². The van der Waals surface area contributed by atoms with Crippen molar-refractivity contribution in [1.82, 2.24) is 0 Å². The monoisotopic (exact) mass is 268 g/mol. The molecule has 2 aromatic rings. The summed E-state index contributed by atoms with van der Waals surface area (Å²) in [6.07, 6.45) is 0.523. The highest BCUT2D eigenvalue weighted by atomic mass is 16.3. The van der Waals surface area contributed by atoms with Gasteiger partial charge in [-0.15, -0.1) is 0 Å². The van der Waals surface area contributed by atoms with Gasteiger partial charge in [0.1, 0.15) is 0 Å². The van der Waals surface area contributed by atoms with Crippen LogP contribution in [0.25, 0.3) is 0 Å². The molecule has 0 fully saturated rings. The zero-order valence-corrected chi connectivity index (χ0v) is 11.5. The van der Waals surface area contributed by atoms with E-state index in [1.54, 1.807) is 0 Å². The second-order valence-corrected chi connectivity index (χ2v) is 5.28. The summed E-state index contributed by atoms with van der Waals surface area (Å²) in [7, 11) is 0. The number of aliphatic hydroxyl groups is 1. The summed E-state index contributed by atoms with van der Waals surface area (Å²) in [5.74, 6) is 0. The van der Waals surface area contributed by atoms with Crippen LogP contribution >= 0.6 is 0 Å². The maximum atomic E-state index is 9.72. The van der Waals surface area contributed by atoms with Gasteiger partial charge in [0.2, 0.25) is 0 Å². The van der Waals surface area contributed by atoms with Crippen LogP contribution in [0.15, 0.2) is 48.5 Å². The molecule has 2 aromatic carbocycles. The summed E-state index contributed by atoms with van der Waals surface area (Å²) >= 11 is 0. The van der Waals surface area contributed by atoms with Gasteiger partial charge in [0.05, 0.1) is 6.10 Å². The number of hydrogen-bond acceptors (Lipinski definition) is 3. The topological polar surface area (TPSA) is 49.5 Å². The van der Waals surface area contributed by atoms with Crippen LogP contribution in [0.3, 0.4) is 0 Å². The SMILES string of the molecule is NCC(O)c1ccc(N2CCc3ccccc3C2)cc1. The van der Waals surface area contributed by atoms with Gasteiger partial charge in [-0.3, -0.25) is 0 Å². The van der Waals surface area contributed by atoms with Gasteiger partial charge in [0.25, 0.3) is 0 Å². The summed E-state index contributed by atoms with van der Waals surface area (Å²) in [5.41, 5.74) is 10.4. The molecule has 3 nitrogen and oxygen atoms in total. The van der Waals surface area contributed by atoms with Gasteiger partial charge in [-0.05, 0) is 35.2 Å². The molecule has 1 aliphatic rings. The number of fused-ring (bicyclic) bond motifs is 1. The first-order chi connectivity index (χ1) is 9.78. The van der Waals surface area contributed by atoms with Gasteiger partial charge in [-0.2, -0.15) is 0 Å². The van der Waals surface area contributed by atoms with Crippen LogP contribution < -0.4 is 10.6 Å². The lowest BCUT2D eigenvalue weighted by Crippen LogP contribution is -2.30. The molecule has 1 aliphatic heterocycles. The van der Waals surface area contributed by atoms with E-state index < -0.39 is 6.10 Å². The minimum absolute atomic E-state index is 0.260. The zero-order chi connectivity index (χ0) is 13.9. The molecule has 1 unspecified atom stereocenters. The highest BCUT2D eigenvalue weighted by molar-refractivity contribution is 5.50. The fraction of sp³-hybridized carbons (Fsp3) is 0.294. The highest BCUT2D eigenvalue weighted by Crippen LogP contribution is 2.25. The second kappa shape index (κ2) is 5.65. The summed E-state index contributed by atoms with van der Waals surface area (Å²) in [4.78, 5) is 2.38. The van der Waals surface area contributed by atoms with E-state index in [2.05, 4.69) is 41.3 Å². The van der Waals surface area contributed by atoms with E-state index in [-0.39, 0.29) is 6.54 Å². The summed E-state index contributed by atoms with van der Waals surface area (Å²) < 4.78 is 0. The second-order valence-electron chi connectivity index (χ2n) is 5.28. The molecule has 1 heterocycles. The Kier molecular flexibility index (Phi) is 3.72. The first-order valence-corrected chi connectivity index (χ1v) is 7.08. The number of aliphatic hydroxyl groups excluding tert-OH is 1. The van der Waals surface area contributed by atoms with Crippen molar-refractivity contribution in [3.05, 3.63) is 65.2 Å². The van der Waals surface area contributed by atoms with E-state index in [4.69, 9.17) is 5.73 Å². The van der Waals surface area contributed by atoms with Crippen LogP contribution in [0, 0.1) is 0 Å². The van der Waals surface area contributed by atoms with E-state index in [0.717, 1.165) is 25.1 Å². The van der Waals surface area contributed by atoms with Crippen molar-refractivity contribution in [2.75, 3.05) is 18.0 Å². The molecule has 20 heavy (non-hydrogen) atoms. The van der Waals surface area contributed by atoms with Crippen molar-refractivity contribution < 1.29 is 5.11 Å². The Hall–Kier alpha value is -1.84. The number of nitrogens with two attached hydrogens (primary N) is 1. The molecule has 1 atom stereocenters. The molecule has 0 bridgehead atoms. The molecule has 0 aromatic heterocycles. The van der Waals surface area contributed by atoms with Crippen molar-refractivity contribution in [3.8, 4) is 0 Å². The van der Waals surface area contributed by atoms with Crippen molar-refractivity contribution in [1.29, 1.82) is 0 Å². The molecule has 3 N–H and O–H groups in total. The van der Waals surface area contributed by atoms with E-state index in [9.17, 15) is 5.11 Å². The van der Waals surface area contributed by atoms with Crippen molar-refractivity contribution in [3.63, 3.8) is 0 Å². The third-order valence-corrected chi connectivity index (χ3v) is 4.00. The van der Waals surface area contributed by atoms with Gasteiger partial charge >= 0.3 is 0 Å². The summed E-state index contributed by atoms with van der Waals surface area (Å²) in [5, 5.41) is 9.72. The molecule has 0 spiro atoms. The quantitative estimate of drug-likeness (QED) is 0.897. The van der Waals surface area contributed by atoms with Gasteiger partial charge in [0, 0.05) is 25.3 Å². The average molecular weight is 268 g/mol. The standard InChI is InChI=1S/C17H20N2O/c18-11-17(20)14-5-7-16(8-6-14)19-10-9-13-3-1-2-4-15(13)12-19/h1-8,17,20H,9-12,18H2. The largest absolute Gasteiger partial charge is 0.387 e. The third-order valence-electron chi connectivity index (χ3n) is 4.00. The lowest BCUT2D eigenvalue weighted by Gasteiger charge is -2.31. The van der Waals surface area contributed by atoms with E-state index in [1.807, 2.05) is 12.1 Å². The van der Waals surface area contributed by atoms with E-state index in [0.29, 0.717) is 0 Å². The maximum absolute atomic E-state index is 9.72. The predicted molar refractivity (Wildman–Crippen MR) is 81.7 cm³/mol. The van der Waals surface area contributed by atoms with Crippen LogP contribution in [-0.4, -0.2) is 18.2 Å². The van der Waals surface area contributed by atoms with Crippen LogP contribution in [0.5, 0.6) is 0 Å². The van der Waals surface area contributed by atoms with Crippen LogP contribution in [0.2, 0.25) is 0 Å². The van der Waals surface area contributed by atoms with Crippen molar-refractivity contribution in [2.24, 2.45) is 5.73 Å². The van der Waals surface area contributed by atoms with Gasteiger partial charge in [-0.25, -0.2) is 0 Å². The molecule has 0 radical (unpaired) electrons. The van der Waals surface area contributed by atoms with Gasteiger partial charge in [0.15, 0.2) is 0 Å². The summed E-state index contributed by atoms with van der Waals surface area (Å²) in [6, 6.07) is 16.7. The Morgan fingerprint density at radius 3 is 2.45 bits per heavy atom. The lowest BCUT2D eigenvalue weighted by atomic mass is 9.99. The Bertz CT molecular complexity index is 580. The highest BCUT2D eigenvalue weighted by Gasteiger charge is 2.16. The van der Waals surface area contributed by atoms with Crippen LogP contribution in [0.4, 0.5) is 5.69 Å². The van der Waals surface area contributed by atoms with Crippen molar-refractivity contribution >= 4 is 5.69 Å². The predicted octanol–water partition coefficient (Wildman–Crippen LogP) is 2.24. The van der Waals surface area contributed by atoms with Gasteiger partial charge in [-0.1, -0.05) is 36.4 Å². The number of rotatable bonds is 3. The minimum atomic E-state index is -0.564. The first-order valence-electron chi connectivity index (χ1n) is 7.08.